The van der Waals surface area contributed by atoms with Crippen LogP contribution in [0, 0.1) is 0 Å². The topological polar surface area (TPSA) is 24.9 Å². The van der Waals surface area contributed by atoms with E-state index in [1.807, 2.05) is 18.2 Å². The molecule has 0 bridgehead atoms. The second-order valence-corrected chi connectivity index (χ2v) is 6.48. The first-order valence-corrected chi connectivity index (χ1v) is 7.86. The molecule has 0 amide bonds. The smallest absolute Gasteiger partial charge is 0.111 e. The fourth-order valence-corrected chi connectivity index (χ4v) is 4.04. The fraction of sp³-hybridized carbons (Fsp3) is 0.188. The molecule has 0 saturated heterocycles. The summed E-state index contributed by atoms with van der Waals surface area (Å²) in [6.07, 6.45) is 0.994. The van der Waals surface area contributed by atoms with Gasteiger partial charge in [0.1, 0.15) is 5.01 Å². The first-order valence-electron chi connectivity index (χ1n) is 6.66. The summed E-state index contributed by atoms with van der Waals surface area (Å²) in [4.78, 5) is 4.74. The van der Waals surface area contributed by atoms with E-state index >= 15 is 0 Å². The van der Waals surface area contributed by atoms with E-state index in [2.05, 4.69) is 29.6 Å². The molecule has 1 atom stereocenters. The Morgan fingerprint density at radius 1 is 1.10 bits per heavy atom. The van der Waals surface area contributed by atoms with Crippen molar-refractivity contribution < 1.29 is 0 Å². The van der Waals surface area contributed by atoms with Gasteiger partial charge in [-0.3, -0.25) is 0 Å². The van der Waals surface area contributed by atoms with E-state index in [1.54, 1.807) is 11.3 Å². The average molecular weight is 301 g/mol. The molecule has 1 N–H and O–H groups in total. The number of hydrogen-bond donors (Lipinski definition) is 1. The quantitative estimate of drug-likeness (QED) is 0.723. The minimum Gasteiger partial charge on any atom is -0.304 e. The SMILES string of the molecule is Clc1cccc2nc(C3Cc4ccccc4CN3)sc12. The Morgan fingerprint density at radius 2 is 1.95 bits per heavy atom. The van der Waals surface area contributed by atoms with Gasteiger partial charge in [0.05, 0.1) is 21.3 Å². The van der Waals surface area contributed by atoms with Crippen molar-refractivity contribution in [3.63, 3.8) is 0 Å². The monoisotopic (exact) mass is 300 g/mol. The Labute approximate surface area is 126 Å². The van der Waals surface area contributed by atoms with E-state index < -0.39 is 0 Å². The molecule has 2 aromatic carbocycles. The maximum atomic E-state index is 6.24. The van der Waals surface area contributed by atoms with E-state index in [4.69, 9.17) is 16.6 Å². The molecular weight excluding hydrogens is 288 g/mol. The minimum atomic E-state index is 0.290. The Balaban J connectivity index is 1.72. The summed E-state index contributed by atoms with van der Waals surface area (Å²) >= 11 is 7.94. The molecule has 0 spiro atoms. The van der Waals surface area contributed by atoms with Gasteiger partial charge in [0.25, 0.3) is 0 Å². The van der Waals surface area contributed by atoms with Gasteiger partial charge in [-0.05, 0) is 29.7 Å². The highest BCUT2D eigenvalue weighted by atomic mass is 35.5. The molecule has 4 rings (SSSR count). The van der Waals surface area contributed by atoms with Crippen molar-refractivity contribution in [1.29, 1.82) is 0 Å². The normalized spacial score (nSPS) is 18.1. The molecule has 1 aromatic heterocycles. The van der Waals surface area contributed by atoms with Crippen LogP contribution in [0.15, 0.2) is 42.5 Å². The number of thiazole rings is 1. The van der Waals surface area contributed by atoms with Crippen LogP contribution in [-0.2, 0) is 13.0 Å². The number of halogens is 1. The lowest BCUT2D eigenvalue weighted by atomic mass is 9.96. The van der Waals surface area contributed by atoms with Crippen LogP contribution in [0.3, 0.4) is 0 Å². The van der Waals surface area contributed by atoms with E-state index in [-0.39, 0.29) is 0 Å². The van der Waals surface area contributed by atoms with Crippen LogP contribution in [0.4, 0.5) is 0 Å². The van der Waals surface area contributed by atoms with Crippen LogP contribution in [0.2, 0.25) is 5.02 Å². The molecule has 3 aromatic rings. The van der Waals surface area contributed by atoms with E-state index in [0.29, 0.717) is 6.04 Å². The first kappa shape index (κ1) is 12.3. The lowest BCUT2D eigenvalue weighted by Gasteiger charge is -2.24. The molecule has 2 heterocycles. The molecule has 0 saturated carbocycles. The van der Waals surface area contributed by atoms with E-state index in [9.17, 15) is 0 Å². The summed E-state index contributed by atoms with van der Waals surface area (Å²) in [7, 11) is 0. The van der Waals surface area contributed by atoms with Crippen LogP contribution in [-0.4, -0.2) is 4.98 Å². The zero-order valence-electron chi connectivity index (χ0n) is 10.8. The lowest BCUT2D eigenvalue weighted by molar-refractivity contribution is 0.497. The van der Waals surface area contributed by atoms with Crippen LogP contribution in [0.1, 0.15) is 22.2 Å². The van der Waals surface area contributed by atoms with Gasteiger partial charge in [-0.25, -0.2) is 4.98 Å². The van der Waals surface area contributed by atoms with E-state index in [1.165, 1.54) is 11.1 Å². The number of benzene rings is 2. The largest absolute Gasteiger partial charge is 0.304 e. The molecule has 1 aliphatic rings. The van der Waals surface area contributed by atoms with Crippen LogP contribution in [0.25, 0.3) is 10.2 Å². The summed E-state index contributed by atoms with van der Waals surface area (Å²) in [5, 5.41) is 5.50. The van der Waals surface area contributed by atoms with Crippen molar-refractivity contribution in [2.45, 2.75) is 19.0 Å². The summed E-state index contributed by atoms with van der Waals surface area (Å²) in [6.45, 7) is 0.907. The Bertz CT molecular complexity index is 781. The first-order chi connectivity index (χ1) is 9.81. The molecule has 1 aliphatic heterocycles. The maximum Gasteiger partial charge on any atom is 0.111 e. The third-order valence-electron chi connectivity index (χ3n) is 3.76. The van der Waals surface area contributed by atoms with Gasteiger partial charge in [0.2, 0.25) is 0 Å². The predicted octanol–water partition coefficient (Wildman–Crippen LogP) is 4.34. The van der Waals surface area contributed by atoms with Crippen molar-refractivity contribution in [3.05, 3.63) is 63.6 Å². The van der Waals surface area contributed by atoms with Crippen molar-refractivity contribution in [1.82, 2.24) is 10.3 Å². The van der Waals surface area contributed by atoms with Gasteiger partial charge in [0, 0.05) is 6.54 Å². The number of aromatic nitrogens is 1. The van der Waals surface area contributed by atoms with E-state index in [0.717, 1.165) is 33.2 Å². The molecule has 4 heteroatoms. The van der Waals surface area contributed by atoms with Crippen molar-refractivity contribution in [3.8, 4) is 0 Å². The van der Waals surface area contributed by atoms with Crippen LogP contribution in [0.5, 0.6) is 0 Å². The molecular formula is C16H13ClN2S. The molecule has 1 unspecified atom stereocenters. The number of hydrogen-bond acceptors (Lipinski definition) is 3. The predicted molar refractivity (Wildman–Crippen MR) is 84.4 cm³/mol. The number of nitrogens with zero attached hydrogens (tertiary/aromatic N) is 1. The second kappa shape index (κ2) is 4.85. The zero-order chi connectivity index (χ0) is 13.5. The number of nitrogens with one attached hydrogen (secondary N) is 1. The molecule has 0 fully saturated rings. The van der Waals surface area contributed by atoms with Gasteiger partial charge in [0.15, 0.2) is 0 Å². The third-order valence-corrected chi connectivity index (χ3v) is 5.41. The third kappa shape index (κ3) is 2.03. The van der Waals surface area contributed by atoms with Gasteiger partial charge in [-0.1, -0.05) is 41.9 Å². The van der Waals surface area contributed by atoms with Crippen LogP contribution >= 0.6 is 22.9 Å². The number of fused-ring (bicyclic) bond motifs is 2. The van der Waals surface area contributed by atoms with Gasteiger partial charge in [-0.2, -0.15) is 0 Å². The molecule has 0 aliphatic carbocycles. The standard InChI is InChI=1S/C16H13ClN2S/c17-12-6-3-7-13-15(12)20-16(19-13)14-8-10-4-1-2-5-11(10)9-18-14/h1-7,14,18H,8-9H2. The highest BCUT2D eigenvalue weighted by Crippen LogP contribution is 2.34. The highest BCUT2D eigenvalue weighted by molar-refractivity contribution is 7.19. The summed E-state index contributed by atoms with van der Waals surface area (Å²) in [5.41, 5.74) is 3.81. The van der Waals surface area contributed by atoms with Crippen molar-refractivity contribution >= 4 is 33.2 Å². The van der Waals surface area contributed by atoms with Crippen LogP contribution < -0.4 is 5.32 Å². The van der Waals surface area contributed by atoms with Gasteiger partial charge in [-0.15, -0.1) is 11.3 Å². The Kier molecular flexibility index (Phi) is 2.99. The van der Waals surface area contributed by atoms with Gasteiger partial charge < -0.3 is 5.32 Å². The van der Waals surface area contributed by atoms with Crippen molar-refractivity contribution in [2.75, 3.05) is 0 Å². The summed E-state index contributed by atoms with van der Waals surface area (Å²) in [6, 6.07) is 14.8. The van der Waals surface area contributed by atoms with Crippen molar-refractivity contribution in [2.24, 2.45) is 0 Å². The molecule has 2 nitrogen and oxygen atoms in total. The second-order valence-electron chi connectivity index (χ2n) is 5.05. The highest BCUT2D eigenvalue weighted by Gasteiger charge is 2.22. The number of rotatable bonds is 1. The summed E-state index contributed by atoms with van der Waals surface area (Å²) < 4.78 is 1.09. The fourth-order valence-electron chi connectivity index (χ4n) is 2.71. The maximum absolute atomic E-state index is 6.24. The van der Waals surface area contributed by atoms with Gasteiger partial charge >= 0.3 is 0 Å². The lowest BCUT2D eigenvalue weighted by Crippen LogP contribution is -2.28. The Hall–Kier alpha value is -1.42. The molecule has 20 heavy (non-hydrogen) atoms. The molecule has 100 valence electrons. The molecule has 0 radical (unpaired) electrons. The Morgan fingerprint density at radius 3 is 2.80 bits per heavy atom. The minimum absolute atomic E-state index is 0.290. The zero-order valence-corrected chi connectivity index (χ0v) is 12.3. The summed E-state index contributed by atoms with van der Waals surface area (Å²) in [5.74, 6) is 0. The average Bonchev–Trinajstić information content (AvgIpc) is 2.92.